The summed E-state index contributed by atoms with van der Waals surface area (Å²) >= 11 is 4.86. The average molecular weight is 277 g/mol. The molecule has 0 unspecified atom stereocenters. The number of rotatable bonds is 3. The van der Waals surface area contributed by atoms with E-state index in [1.165, 1.54) is 6.42 Å². The molecule has 1 amide bonds. The minimum absolute atomic E-state index is 0.00374. The highest BCUT2D eigenvalue weighted by Gasteiger charge is 2.23. The maximum atomic E-state index is 12.3. The van der Waals surface area contributed by atoms with Gasteiger partial charge in [0.15, 0.2) is 0 Å². The molecule has 0 spiro atoms. The predicted octanol–water partition coefficient (Wildman–Crippen LogP) is 1.98. The van der Waals surface area contributed by atoms with E-state index in [1.807, 2.05) is 4.90 Å². The predicted molar refractivity (Wildman–Crippen MR) is 79.0 cm³/mol. The SMILES string of the molecule is CCC1CCN(C(=O)c2ccc(C(N)=S)cn2)CC1. The first-order valence-electron chi connectivity index (χ1n) is 6.67. The van der Waals surface area contributed by atoms with Crippen molar-refractivity contribution >= 4 is 23.1 Å². The number of aromatic nitrogens is 1. The molecular weight excluding hydrogens is 258 g/mol. The van der Waals surface area contributed by atoms with E-state index < -0.39 is 0 Å². The van der Waals surface area contributed by atoms with Gasteiger partial charge in [-0.2, -0.15) is 0 Å². The fraction of sp³-hybridized carbons (Fsp3) is 0.500. The summed E-state index contributed by atoms with van der Waals surface area (Å²) in [5.74, 6) is 0.762. The Bertz CT molecular complexity index is 464. The van der Waals surface area contributed by atoms with Crippen molar-refractivity contribution in [2.75, 3.05) is 13.1 Å². The molecule has 5 heteroatoms. The number of pyridine rings is 1. The lowest BCUT2D eigenvalue weighted by atomic mass is 9.94. The maximum absolute atomic E-state index is 12.3. The van der Waals surface area contributed by atoms with Crippen LogP contribution in [0.5, 0.6) is 0 Å². The van der Waals surface area contributed by atoms with Gasteiger partial charge in [0.1, 0.15) is 10.7 Å². The Hall–Kier alpha value is -1.49. The summed E-state index contributed by atoms with van der Waals surface area (Å²) in [6, 6.07) is 3.45. The quantitative estimate of drug-likeness (QED) is 0.858. The number of likely N-dealkylation sites (tertiary alicyclic amines) is 1. The molecule has 1 aliphatic rings. The topological polar surface area (TPSA) is 59.2 Å². The van der Waals surface area contributed by atoms with Crippen LogP contribution < -0.4 is 5.73 Å². The molecule has 1 aliphatic heterocycles. The normalized spacial score (nSPS) is 16.4. The summed E-state index contributed by atoms with van der Waals surface area (Å²) in [6.07, 6.45) is 4.94. The highest BCUT2D eigenvalue weighted by molar-refractivity contribution is 7.80. The Morgan fingerprint density at radius 3 is 2.63 bits per heavy atom. The van der Waals surface area contributed by atoms with E-state index in [9.17, 15) is 4.79 Å². The fourth-order valence-corrected chi connectivity index (χ4v) is 2.49. The number of hydrogen-bond donors (Lipinski definition) is 1. The third kappa shape index (κ3) is 3.29. The van der Waals surface area contributed by atoms with Gasteiger partial charge in [0.2, 0.25) is 0 Å². The van der Waals surface area contributed by atoms with Gasteiger partial charge in [0, 0.05) is 24.8 Å². The van der Waals surface area contributed by atoms with Crippen LogP contribution in [0, 0.1) is 5.92 Å². The maximum Gasteiger partial charge on any atom is 0.272 e. The first-order valence-corrected chi connectivity index (χ1v) is 7.07. The van der Waals surface area contributed by atoms with Crippen molar-refractivity contribution in [1.82, 2.24) is 9.88 Å². The van der Waals surface area contributed by atoms with Gasteiger partial charge in [0.05, 0.1) is 0 Å². The summed E-state index contributed by atoms with van der Waals surface area (Å²) in [4.78, 5) is 18.6. The molecule has 19 heavy (non-hydrogen) atoms. The molecule has 1 fully saturated rings. The van der Waals surface area contributed by atoms with E-state index in [1.54, 1.807) is 18.3 Å². The lowest BCUT2D eigenvalue weighted by Gasteiger charge is -2.31. The lowest BCUT2D eigenvalue weighted by molar-refractivity contribution is 0.0683. The number of hydrogen-bond acceptors (Lipinski definition) is 3. The number of nitrogens with zero attached hydrogens (tertiary/aromatic N) is 2. The second kappa shape index (κ2) is 6.10. The van der Waals surface area contributed by atoms with Crippen molar-refractivity contribution in [1.29, 1.82) is 0 Å². The van der Waals surface area contributed by atoms with Gasteiger partial charge >= 0.3 is 0 Å². The second-order valence-corrected chi connectivity index (χ2v) is 5.38. The van der Waals surface area contributed by atoms with E-state index in [4.69, 9.17) is 18.0 Å². The Morgan fingerprint density at radius 2 is 2.16 bits per heavy atom. The molecule has 0 bridgehead atoms. The monoisotopic (exact) mass is 277 g/mol. The zero-order valence-electron chi connectivity index (χ0n) is 11.1. The van der Waals surface area contributed by atoms with Crippen LogP contribution in [0.4, 0.5) is 0 Å². The number of piperidine rings is 1. The van der Waals surface area contributed by atoms with E-state index in [2.05, 4.69) is 11.9 Å². The lowest BCUT2D eigenvalue weighted by Crippen LogP contribution is -2.38. The van der Waals surface area contributed by atoms with Crippen LogP contribution in [-0.2, 0) is 0 Å². The Balaban J connectivity index is 2.02. The van der Waals surface area contributed by atoms with Crippen molar-refractivity contribution < 1.29 is 4.79 Å². The minimum atomic E-state index is 0.00374. The summed E-state index contributed by atoms with van der Waals surface area (Å²) in [6.45, 7) is 3.87. The summed E-state index contributed by atoms with van der Waals surface area (Å²) in [5.41, 5.74) is 6.67. The Morgan fingerprint density at radius 1 is 1.47 bits per heavy atom. The molecule has 0 radical (unpaired) electrons. The minimum Gasteiger partial charge on any atom is -0.389 e. The highest BCUT2D eigenvalue weighted by atomic mass is 32.1. The van der Waals surface area contributed by atoms with Crippen LogP contribution >= 0.6 is 12.2 Å². The zero-order valence-corrected chi connectivity index (χ0v) is 11.9. The van der Waals surface area contributed by atoms with E-state index >= 15 is 0 Å². The fourth-order valence-electron chi connectivity index (χ4n) is 2.37. The molecule has 102 valence electrons. The third-order valence-electron chi connectivity index (χ3n) is 3.75. The molecule has 1 aromatic rings. The molecule has 0 aromatic carbocycles. The number of carbonyl (C=O) groups excluding carboxylic acids is 1. The molecule has 1 saturated heterocycles. The molecule has 4 nitrogen and oxygen atoms in total. The molecule has 0 saturated carbocycles. The molecule has 0 aliphatic carbocycles. The van der Waals surface area contributed by atoms with E-state index in [-0.39, 0.29) is 5.91 Å². The molecule has 0 atom stereocenters. The van der Waals surface area contributed by atoms with Gasteiger partial charge in [0.25, 0.3) is 5.91 Å². The smallest absolute Gasteiger partial charge is 0.272 e. The largest absolute Gasteiger partial charge is 0.389 e. The second-order valence-electron chi connectivity index (χ2n) is 4.94. The van der Waals surface area contributed by atoms with Crippen LogP contribution in [-0.4, -0.2) is 33.9 Å². The standard InChI is InChI=1S/C14H19N3OS/c1-2-10-5-7-17(8-6-10)14(18)12-4-3-11(9-16-12)13(15)19/h3-4,9-10H,2,5-8H2,1H3,(H2,15,19). The Labute approximate surface area is 119 Å². The molecule has 2 rings (SSSR count). The van der Waals surface area contributed by atoms with Crippen molar-refractivity contribution in [3.05, 3.63) is 29.6 Å². The Kier molecular flexibility index (Phi) is 4.47. The molecular formula is C14H19N3OS. The van der Waals surface area contributed by atoms with Crippen molar-refractivity contribution in [3.63, 3.8) is 0 Å². The first kappa shape index (κ1) is 13.9. The number of thiocarbonyl (C=S) groups is 1. The molecule has 2 heterocycles. The van der Waals surface area contributed by atoms with Crippen LogP contribution in [0.3, 0.4) is 0 Å². The van der Waals surface area contributed by atoms with Crippen molar-refractivity contribution in [2.45, 2.75) is 26.2 Å². The average Bonchev–Trinajstić information content (AvgIpc) is 2.46. The van der Waals surface area contributed by atoms with Gasteiger partial charge in [-0.25, -0.2) is 0 Å². The van der Waals surface area contributed by atoms with Crippen LogP contribution in [0.25, 0.3) is 0 Å². The van der Waals surface area contributed by atoms with Gasteiger partial charge < -0.3 is 10.6 Å². The van der Waals surface area contributed by atoms with Gasteiger partial charge in [-0.15, -0.1) is 0 Å². The third-order valence-corrected chi connectivity index (χ3v) is 3.98. The van der Waals surface area contributed by atoms with E-state index in [0.29, 0.717) is 16.2 Å². The van der Waals surface area contributed by atoms with Gasteiger partial charge in [-0.05, 0) is 30.9 Å². The highest BCUT2D eigenvalue weighted by Crippen LogP contribution is 2.21. The van der Waals surface area contributed by atoms with E-state index in [0.717, 1.165) is 31.8 Å². The van der Waals surface area contributed by atoms with Crippen LogP contribution in [0.1, 0.15) is 42.2 Å². The van der Waals surface area contributed by atoms with Crippen molar-refractivity contribution in [2.24, 2.45) is 11.7 Å². The van der Waals surface area contributed by atoms with Gasteiger partial charge in [-0.1, -0.05) is 25.6 Å². The summed E-state index contributed by atoms with van der Waals surface area (Å²) in [5, 5.41) is 0. The number of nitrogens with two attached hydrogens (primary N) is 1. The number of amides is 1. The summed E-state index contributed by atoms with van der Waals surface area (Å²) in [7, 11) is 0. The number of carbonyl (C=O) groups is 1. The zero-order chi connectivity index (χ0) is 13.8. The summed E-state index contributed by atoms with van der Waals surface area (Å²) < 4.78 is 0. The molecule has 2 N–H and O–H groups in total. The van der Waals surface area contributed by atoms with Crippen LogP contribution in [0.15, 0.2) is 18.3 Å². The first-order chi connectivity index (χ1) is 9.11. The molecule has 1 aromatic heterocycles. The van der Waals surface area contributed by atoms with Crippen LogP contribution in [0.2, 0.25) is 0 Å². The van der Waals surface area contributed by atoms with Crippen molar-refractivity contribution in [3.8, 4) is 0 Å². The van der Waals surface area contributed by atoms with Gasteiger partial charge in [-0.3, -0.25) is 9.78 Å².